The molecule has 0 saturated carbocycles. The van der Waals surface area contributed by atoms with E-state index in [-0.39, 0.29) is 24.4 Å². The molecule has 1 rings (SSSR count). The first-order valence-electron chi connectivity index (χ1n) is 8.56. The summed E-state index contributed by atoms with van der Waals surface area (Å²) in [6.07, 6.45) is 1.37. The van der Waals surface area contributed by atoms with Crippen LogP contribution in [0.4, 0.5) is 0 Å². The summed E-state index contributed by atoms with van der Waals surface area (Å²) < 4.78 is 0. The Labute approximate surface area is 139 Å². The fourth-order valence-corrected chi connectivity index (χ4v) is 2.90. The Morgan fingerprint density at radius 1 is 1.13 bits per heavy atom. The molecule has 0 aliphatic heterocycles. The summed E-state index contributed by atoms with van der Waals surface area (Å²) in [6.45, 7) is 8.00. The van der Waals surface area contributed by atoms with Gasteiger partial charge in [-0.2, -0.15) is 0 Å². The SMILES string of the molecule is CCC(CC(O)C(C)NC(C)C(C)CC(=O)O)c1ccccc1. The second kappa shape index (κ2) is 9.68. The molecule has 5 atom stereocenters. The Hall–Kier alpha value is -1.39. The average Bonchev–Trinajstić information content (AvgIpc) is 2.52. The van der Waals surface area contributed by atoms with Crippen LogP contribution in [0.3, 0.4) is 0 Å². The van der Waals surface area contributed by atoms with E-state index in [0.29, 0.717) is 12.3 Å². The Bertz CT molecular complexity index is 463. The highest BCUT2D eigenvalue weighted by atomic mass is 16.4. The minimum atomic E-state index is -0.783. The van der Waals surface area contributed by atoms with Crippen molar-refractivity contribution in [2.45, 2.75) is 71.1 Å². The van der Waals surface area contributed by atoms with Gasteiger partial charge in [0.25, 0.3) is 0 Å². The molecule has 0 spiro atoms. The van der Waals surface area contributed by atoms with Crippen molar-refractivity contribution >= 4 is 5.97 Å². The number of rotatable bonds is 10. The van der Waals surface area contributed by atoms with Crippen LogP contribution in [0, 0.1) is 5.92 Å². The standard InChI is InChI=1S/C19H31NO3/c1-5-16(17-9-7-6-8-10-17)12-18(21)15(4)20-14(3)13(2)11-19(22)23/h6-10,13-16,18,20-21H,5,11-12H2,1-4H3,(H,22,23). The molecule has 0 radical (unpaired) electrons. The summed E-state index contributed by atoms with van der Waals surface area (Å²) in [4.78, 5) is 10.8. The lowest BCUT2D eigenvalue weighted by molar-refractivity contribution is -0.138. The first-order chi connectivity index (χ1) is 10.8. The molecule has 3 N–H and O–H groups in total. The fraction of sp³-hybridized carbons (Fsp3) is 0.632. The van der Waals surface area contributed by atoms with E-state index in [4.69, 9.17) is 5.11 Å². The molecule has 4 heteroatoms. The van der Waals surface area contributed by atoms with Crippen molar-refractivity contribution in [2.24, 2.45) is 5.92 Å². The number of aliphatic carboxylic acids is 1. The number of aliphatic hydroxyl groups is 1. The van der Waals surface area contributed by atoms with Crippen molar-refractivity contribution in [3.63, 3.8) is 0 Å². The molecule has 1 aromatic carbocycles. The van der Waals surface area contributed by atoms with Gasteiger partial charge in [0, 0.05) is 18.5 Å². The highest BCUT2D eigenvalue weighted by Crippen LogP contribution is 2.25. The number of carboxylic acids is 1. The van der Waals surface area contributed by atoms with Crippen molar-refractivity contribution in [1.82, 2.24) is 5.32 Å². The molecule has 0 amide bonds. The molecule has 1 aromatic rings. The van der Waals surface area contributed by atoms with Crippen LogP contribution in [-0.2, 0) is 4.79 Å². The molecule has 23 heavy (non-hydrogen) atoms. The molecule has 0 heterocycles. The molecule has 0 aromatic heterocycles. The van der Waals surface area contributed by atoms with E-state index >= 15 is 0 Å². The van der Waals surface area contributed by atoms with Gasteiger partial charge in [0.15, 0.2) is 0 Å². The van der Waals surface area contributed by atoms with Crippen LogP contribution in [0.5, 0.6) is 0 Å². The first-order valence-corrected chi connectivity index (χ1v) is 8.56. The van der Waals surface area contributed by atoms with E-state index in [2.05, 4.69) is 24.4 Å². The maximum atomic E-state index is 10.8. The van der Waals surface area contributed by atoms with Gasteiger partial charge in [0.1, 0.15) is 0 Å². The lowest BCUT2D eigenvalue weighted by atomic mass is 9.88. The van der Waals surface area contributed by atoms with E-state index in [1.54, 1.807) is 0 Å². The van der Waals surface area contributed by atoms with Crippen LogP contribution in [0.1, 0.15) is 58.4 Å². The van der Waals surface area contributed by atoms with E-state index in [0.717, 1.165) is 6.42 Å². The van der Waals surface area contributed by atoms with Crippen molar-refractivity contribution in [2.75, 3.05) is 0 Å². The summed E-state index contributed by atoms with van der Waals surface area (Å²) in [5, 5.41) is 22.7. The van der Waals surface area contributed by atoms with Crippen LogP contribution in [0.15, 0.2) is 30.3 Å². The predicted molar refractivity (Wildman–Crippen MR) is 93.6 cm³/mol. The van der Waals surface area contributed by atoms with Crippen LogP contribution in [-0.4, -0.2) is 34.4 Å². The molecule has 0 bridgehead atoms. The van der Waals surface area contributed by atoms with Crippen LogP contribution in [0.25, 0.3) is 0 Å². The second-order valence-corrected chi connectivity index (χ2v) is 6.64. The van der Waals surface area contributed by atoms with Crippen molar-refractivity contribution in [3.8, 4) is 0 Å². The molecular formula is C19H31NO3. The molecule has 0 aliphatic rings. The fourth-order valence-electron chi connectivity index (χ4n) is 2.90. The zero-order chi connectivity index (χ0) is 17.4. The summed E-state index contributed by atoms with van der Waals surface area (Å²) in [7, 11) is 0. The van der Waals surface area contributed by atoms with Crippen molar-refractivity contribution in [1.29, 1.82) is 0 Å². The van der Waals surface area contributed by atoms with Gasteiger partial charge in [-0.05, 0) is 44.1 Å². The highest BCUT2D eigenvalue weighted by Gasteiger charge is 2.23. The minimum Gasteiger partial charge on any atom is -0.481 e. The van der Waals surface area contributed by atoms with E-state index in [9.17, 15) is 9.90 Å². The third-order valence-corrected chi connectivity index (χ3v) is 4.74. The normalized spacial score (nSPS) is 18.0. The molecule has 0 aliphatic carbocycles. The largest absolute Gasteiger partial charge is 0.481 e. The second-order valence-electron chi connectivity index (χ2n) is 6.64. The summed E-state index contributed by atoms with van der Waals surface area (Å²) in [6, 6.07) is 10.3. The summed E-state index contributed by atoms with van der Waals surface area (Å²) >= 11 is 0. The van der Waals surface area contributed by atoms with Gasteiger partial charge in [0.05, 0.1) is 6.10 Å². The van der Waals surface area contributed by atoms with Crippen molar-refractivity contribution in [3.05, 3.63) is 35.9 Å². The van der Waals surface area contributed by atoms with Crippen molar-refractivity contribution < 1.29 is 15.0 Å². The van der Waals surface area contributed by atoms with Gasteiger partial charge in [-0.3, -0.25) is 4.79 Å². The summed E-state index contributed by atoms with van der Waals surface area (Å²) in [5.74, 6) is -0.421. The third-order valence-electron chi connectivity index (χ3n) is 4.74. The molecule has 0 saturated heterocycles. The smallest absolute Gasteiger partial charge is 0.303 e. The number of benzene rings is 1. The van der Waals surface area contributed by atoms with Gasteiger partial charge in [-0.25, -0.2) is 0 Å². The Morgan fingerprint density at radius 2 is 1.74 bits per heavy atom. The lowest BCUT2D eigenvalue weighted by Gasteiger charge is -2.29. The first kappa shape index (κ1) is 19.7. The zero-order valence-corrected chi connectivity index (χ0v) is 14.7. The minimum absolute atomic E-state index is 0.0262. The van der Waals surface area contributed by atoms with Gasteiger partial charge in [-0.1, -0.05) is 44.2 Å². The van der Waals surface area contributed by atoms with Crippen LogP contribution >= 0.6 is 0 Å². The van der Waals surface area contributed by atoms with Gasteiger partial charge >= 0.3 is 5.97 Å². The lowest BCUT2D eigenvalue weighted by Crippen LogP contribution is -2.45. The Kier molecular flexibility index (Phi) is 8.28. The number of carbonyl (C=O) groups is 1. The van der Waals surface area contributed by atoms with Gasteiger partial charge in [0.2, 0.25) is 0 Å². The van der Waals surface area contributed by atoms with Crippen LogP contribution < -0.4 is 5.32 Å². The number of carboxylic acid groups (broad SMARTS) is 1. The van der Waals surface area contributed by atoms with E-state index < -0.39 is 12.1 Å². The van der Waals surface area contributed by atoms with Gasteiger partial charge < -0.3 is 15.5 Å². The zero-order valence-electron chi connectivity index (χ0n) is 14.7. The predicted octanol–water partition coefficient (Wildman–Crippen LogP) is 3.41. The highest BCUT2D eigenvalue weighted by molar-refractivity contribution is 5.67. The average molecular weight is 321 g/mol. The van der Waals surface area contributed by atoms with Gasteiger partial charge in [-0.15, -0.1) is 0 Å². The van der Waals surface area contributed by atoms with Crippen LogP contribution in [0.2, 0.25) is 0 Å². The molecule has 0 fully saturated rings. The summed E-state index contributed by atoms with van der Waals surface area (Å²) in [5.41, 5.74) is 1.26. The Morgan fingerprint density at radius 3 is 2.26 bits per heavy atom. The Balaban J connectivity index is 2.55. The topological polar surface area (TPSA) is 69.6 Å². The number of hydrogen-bond donors (Lipinski definition) is 3. The molecular weight excluding hydrogens is 290 g/mol. The maximum Gasteiger partial charge on any atom is 0.303 e. The number of aliphatic hydroxyl groups excluding tert-OH is 1. The number of nitrogens with one attached hydrogen (secondary N) is 1. The van der Waals surface area contributed by atoms with E-state index in [1.165, 1.54) is 5.56 Å². The monoisotopic (exact) mass is 321 g/mol. The number of hydrogen-bond acceptors (Lipinski definition) is 3. The molecule has 130 valence electrons. The molecule has 5 unspecified atom stereocenters. The maximum absolute atomic E-state index is 10.8. The van der Waals surface area contributed by atoms with E-state index in [1.807, 2.05) is 39.0 Å². The third kappa shape index (κ3) is 6.71. The quantitative estimate of drug-likeness (QED) is 0.618. The molecule has 4 nitrogen and oxygen atoms in total.